The molecular formula is C16H11Cl6NO3. The number of carboxylic acids is 1. The third kappa shape index (κ3) is 2.36. The van der Waals surface area contributed by atoms with Crippen molar-refractivity contribution in [2.45, 2.75) is 21.0 Å². The maximum Gasteiger partial charge on any atom is 0.309 e. The highest BCUT2D eigenvalue weighted by Crippen LogP contribution is 2.76. The second-order valence-electron chi connectivity index (χ2n) is 6.28. The van der Waals surface area contributed by atoms with Gasteiger partial charge in [-0.15, -0.1) is 23.2 Å². The van der Waals surface area contributed by atoms with Gasteiger partial charge in [-0.3, -0.25) is 9.59 Å². The summed E-state index contributed by atoms with van der Waals surface area (Å²) in [5.41, 5.74) is 1.34. The molecule has 2 aliphatic rings. The molecule has 1 aromatic carbocycles. The number of allylic oxidation sites excluding steroid dienone is 2. The van der Waals surface area contributed by atoms with Crippen LogP contribution in [0.4, 0.5) is 5.69 Å². The standard InChI is InChI=1S/C16H11Cl6NO3/c1-6-3-2-4-7(5-6)23-12(24)8-9(13(25)26)15(20)11(18)10(17)14(8,19)16(15,21)22/h2-5,8-9H,1H3,(H,23,24)(H,25,26)/t8-,9-,14+,15+/m1/s1. The van der Waals surface area contributed by atoms with Crippen molar-refractivity contribution in [3.63, 3.8) is 0 Å². The molecule has 3 rings (SSSR count). The normalized spacial score (nSPS) is 34.9. The van der Waals surface area contributed by atoms with Crippen molar-refractivity contribution in [1.82, 2.24) is 0 Å². The first-order valence-corrected chi connectivity index (χ1v) is 9.59. The third-order valence-corrected chi connectivity index (χ3v) is 9.03. The van der Waals surface area contributed by atoms with Crippen LogP contribution in [0.3, 0.4) is 0 Å². The van der Waals surface area contributed by atoms with E-state index in [-0.39, 0.29) is 10.1 Å². The van der Waals surface area contributed by atoms with Crippen LogP contribution in [0.25, 0.3) is 0 Å². The second-order valence-corrected chi connectivity index (χ2v) is 9.55. The van der Waals surface area contributed by atoms with Gasteiger partial charge in [-0.1, -0.05) is 58.5 Å². The number of carbonyl (C=O) groups is 2. The minimum absolute atomic E-state index is 0.234. The topological polar surface area (TPSA) is 66.4 Å². The Kier molecular flexibility index (Phi) is 4.96. The molecule has 1 fully saturated rings. The van der Waals surface area contributed by atoms with Gasteiger partial charge in [-0.05, 0) is 24.6 Å². The van der Waals surface area contributed by atoms with Gasteiger partial charge in [0, 0.05) is 5.69 Å². The molecule has 4 nitrogen and oxygen atoms in total. The average Bonchev–Trinajstić information content (AvgIpc) is 2.74. The molecule has 1 amide bonds. The van der Waals surface area contributed by atoms with Crippen molar-refractivity contribution in [1.29, 1.82) is 0 Å². The van der Waals surface area contributed by atoms with Gasteiger partial charge >= 0.3 is 5.97 Å². The molecule has 0 aromatic heterocycles. The lowest BCUT2D eigenvalue weighted by Crippen LogP contribution is -2.47. The summed E-state index contributed by atoms with van der Waals surface area (Å²) in [6.07, 6.45) is 0. The predicted molar refractivity (Wildman–Crippen MR) is 105 cm³/mol. The Morgan fingerprint density at radius 2 is 1.58 bits per heavy atom. The highest BCUT2D eigenvalue weighted by atomic mass is 35.5. The smallest absolute Gasteiger partial charge is 0.309 e. The van der Waals surface area contributed by atoms with Crippen LogP contribution in [-0.2, 0) is 9.59 Å². The second kappa shape index (κ2) is 6.33. The number of hydrogen-bond donors (Lipinski definition) is 2. The third-order valence-electron chi connectivity index (χ3n) is 4.77. The number of halogens is 6. The lowest BCUT2D eigenvalue weighted by Gasteiger charge is -2.33. The lowest BCUT2D eigenvalue weighted by atomic mass is 9.81. The lowest BCUT2D eigenvalue weighted by molar-refractivity contribution is -0.146. The number of carbonyl (C=O) groups excluding carboxylic acids is 1. The number of rotatable bonds is 3. The molecule has 140 valence electrons. The number of hydrogen-bond acceptors (Lipinski definition) is 2. The van der Waals surface area contributed by atoms with Crippen LogP contribution in [0.15, 0.2) is 34.3 Å². The Morgan fingerprint density at radius 1 is 1.04 bits per heavy atom. The van der Waals surface area contributed by atoms with Gasteiger partial charge in [-0.2, -0.15) is 0 Å². The van der Waals surface area contributed by atoms with E-state index in [0.29, 0.717) is 5.69 Å². The van der Waals surface area contributed by atoms with Crippen molar-refractivity contribution in [3.05, 3.63) is 39.9 Å². The van der Waals surface area contributed by atoms with Gasteiger partial charge in [0.05, 0.1) is 21.9 Å². The maximum atomic E-state index is 13.0. The minimum Gasteiger partial charge on any atom is -0.481 e. The SMILES string of the molecule is Cc1cccc(NC(=O)[C@H]2[C@H](C(=O)O)[C@]3(Cl)C(Cl)=C(Cl)[C@]2(Cl)C3(Cl)Cl)c1. The van der Waals surface area contributed by atoms with Crippen LogP contribution in [0.2, 0.25) is 0 Å². The number of fused-ring (bicyclic) bond motifs is 2. The largest absolute Gasteiger partial charge is 0.481 e. The fraction of sp³-hybridized carbons (Fsp3) is 0.375. The molecule has 0 saturated heterocycles. The van der Waals surface area contributed by atoms with Crippen molar-refractivity contribution in [2.75, 3.05) is 5.32 Å². The quantitative estimate of drug-likeness (QED) is 0.595. The highest BCUT2D eigenvalue weighted by Gasteiger charge is 2.85. The fourth-order valence-corrected chi connectivity index (χ4v) is 6.51. The summed E-state index contributed by atoms with van der Waals surface area (Å²) in [6, 6.07) is 6.92. The van der Waals surface area contributed by atoms with Gasteiger partial charge < -0.3 is 10.4 Å². The zero-order valence-corrected chi connectivity index (χ0v) is 17.5. The van der Waals surface area contributed by atoms with E-state index in [0.717, 1.165) is 5.56 Å². The van der Waals surface area contributed by atoms with E-state index < -0.39 is 37.8 Å². The van der Waals surface area contributed by atoms with E-state index in [1.54, 1.807) is 18.2 Å². The summed E-state index contributed by atoms with van der Waals surface area (Å²) in [5.74, 6) is -5.19. The highest BCUT2D eigenvalue weighted by molar-refractivity contribution is 6.66. The first kappa shape index (κ1) is 20.4. The van der Waals surface area contributed by atoms with Crippen LogP contribution in [0, 0.1) is 18.8 Å². The van der Waals surface area contributed by atoms with Crippen LogP contribution in [-0.4, -0.2) is 31.1 Å². The van der Waals surface area contributed by atoms with Crippen molar-refractivity contribution < 1.29 is 14.7 Å². The molecule has 0 radical (unpaired) electrons. The number of anilines is 1. The molecule has 1 aromatic rings. The Morgan fingerprint density at radius 3 is 2.08 bits per heavy atom. The summed E-state index contributed by atoms with van der Waals surface area (Å²) >= 11 is 38.1. The molecule has 2 N–H and O–H groups in total. The van der Waals surface area contributed by atoms with Gasteiger partial charge in [0.25, 0.3) is 0 Å². The number of carboxylic acid groups (broad SMARTS) is 1. The number of alkyl halides is 4. The van der Waals surface area contributed by atoms with Crippen LogP contribution < -0.4 is 5.32 Å². The average molecular weight is 478 g/mol. The van der Waals surface area contributed by atoms with Gasteiger partial charge in [0.2, 0.25) is 5.91 Å². The number of amides is 1. The molecule has 10 heteroatoms. The van der Waals surface area contributed by atoms with E-state index in [1.807, 2.05) is 13.0 Å². The van der Waals surface area contributed by atoms with Gasteiger partial charge in [0.15, 0.2) is 4.33 Å². The Labute approximate surface area is 179 Å². The number of aliphatic carboxylic acids is 1. The summed E-state index contributed by atoms with van der Waals surface area (Å²) in [6.45, 7) is 1.84. The summed E-state index contributed by atoms with van der Waals surface area (Å²) in [4.78, 5) is 20.9. The van der Waals surface area contributed by atoms with Crippen LogP contribution in [0.1, 0.15) is 5.56 Å². The first-order chi connectivity index (χ1) is 11.9. The molecule has 2 aliphatic carbocycles. The first-order valence-electron chi connectivity index (χ1n) is 7.33. The molecule has 0 spiro atoms. The Hall–Kier alpha value is -0.360. The molecule has 0 aliphatic heterocycles. The van der Waals surface area contributed by atoms with E-state index in [4.69, 9.17) is 69.6 Å². The van der Waals surface area contributed by atoms with E-state index >= 15 is 0 Å². The van der Waals surface area contributed by atoms with Crippen molar-refractivity contribution in [3.8, 4) is 0 Å². The monoisotopic (exact) mass is 475 g/mol. The predicted octanol–water partition coefficient (Wildman–Crippen LogP) is 5.10. The number of aryl methyl sites for hydroxylation is 1. The van der Waals surface area contributed by atoms with Crippen LogP contribution >= 0.6 is 69.6 Å². The molecule has 2 bridgehead atoms. The molecule has 1 saturated carbocycles. The molecule has 4 atom stereocenters. The zero-order chi connectivity index (χ0) is 19.7. The maximum absolute atomic E-state index is 13.0. The van der Waals surface area contributed by atoms with E-state index in [9.17, 15) is 14.7 Å². The van der Waals surface area contributed by atoms with Crippen molar-refractivity contribution >= 4 is 87.2 Å². The van der Waals surface area contributed by atoms with Crippen LogP contribution in [0.5, 0.6) is 0 Å². The number of nitrogens with one attached hydrogen (secondary N) is 1. The number of benzene rings is 1. The minimum atomic E-state index is -2.12. The summed E-state index contributed by atoms with van der Waals surface area (Å²) in [5, 5.41) is 11.8. The molecule has 0 unspecified atom stereocenters. The van der Waals surface area contributed by atoms with Crippen molar-refractivity contribution in [2.24, 2.45) is 11.8 Å². The Bertz CT molecular complexity index is 856. The fourth-order valence-electron chi connectivity index (χ4n) is 3.57. The Balaban J connectivity index is 2.11. The summed E-state index contributed by atoms with van der Waals surface area (Å²) < 4.78 is -2.12. The van der Waals surface area contributed by atoms with Gasteiger partial charge in [0.1, 0.15) is 9.75 Å². The molecular weight excluding hydrogens is 467 g/mol. The molecule has 0 heterocycles. The van der Waals surface area contributed by atoms with E-state index in [1.165, 1.54) is 0 Å². The van der Waals surface area contributed by atoms with Gasteiger partial charge in [-0.25, -0.2) is 0 Å². The molecule has 26 heavy (non-hydrogen) atoms. The van der Waals surface area contributed by atoms with E-state index in [2.05, 4.69) is 5.32 Å². The summed E-state index contributed by atoms with van der Waals surface area (Å²) in [7, 11) is 0. The zero-order valence-electron chi connectivity index (χ0n) is 13.0.